The third-order valence-corrected chi connectivity index (χ3v) is 2.51. The second kappa shape index (κ2) is 3.40. The summed E-state index contributed by atoms with van der Waals surface area (Å²) in [5.41, 5.74) is 3.66. The molecule has 14 heavy (non-hydrogen) atoms. The van der Waals surface area contributed by atoms with E-state index in [0.29, 0.717) is 6.04 Å². The number of hydrogen-bond acceptors (Lipinski definition) is 3. The normalized spacial score (nSPS) is 19.2. The number of fused-ring (bicyclic) bond motifs is 1. The van der Waals surface area contributed by atoms with Crippen molar-refractivity contribution in [1.82, 2.24) is 0 Å². The first-order valence-corrected chi connectivity index (χ1v) is 4.99. The number of benzene rings is 1. The number of hydrogen-bond donors (Lipinski definition) is 2. The zero-order valence-electron chi connectivity index (χ0n) is 8.96. The quantitative estimate of drug-likeness (QED) is 0.710. The molecule has 76 valence electrons. The molecule has 1 aromatic rings. The monoisotopic (exact) mass is 191 g/mol. The molecule has 1 aliphatic rings. The van der Waals surface area contributed by atoms with Crippen LogP contribution in [0.15, 0.2) is 18.2 Å². The Kier molecular flexibility index (Phi) is 2.23. The van der Waals surface area contributed by atoms with E-state index in [1.807, 2.05) is 0 Å². The van der Waals surface area contributed by atoms with Gasteiger partial charge in [-0.15, -0.1) is 0 Å². The molecule has 0 aromatic heterocycles. The topological polar surface area (TPSA) is 27.3 Å². The molecule has 0 aliphatic carbocycles. The van der Waals surface area contributed by atoms with Gasteiger partial charge in [0.2, 0.25) is 0 Å². The van der Waals surface area contributed by atoms with Crippen LogP contribution in [0.5, 0.6) is 0 Å². The van der Waals surface area contributed by atoms with Gasteiger partial charge in [-0.3, -0.25) is 0 Å². The largest absolute Gasteiger partial charge is 0.381 e. The van der Waals surface area contributed by atoms with E-state index in [1.165, 1.54) is 17.1 Å². The summed E-state index contributed by atoms with van der Waals surface area (Å²) in [5.74, 6) is 0. The molecule has 2 N–H and O–H groups in total. The van der Waals surface area contributed by atoms with Crippen LogP contribution in [0.4, 0.5) is 17.1 Å². The van der Waals surface area contributed by atoms with Crippen molar-refractivity contribution in [3.8, 4) is 0 Å². The lowest BCUT2D eigenvalue weighted by molar-refractivity contribution is 0.816. The van der Waals surface area contributed by atoms with Gasteiger partial charge >= 0.3 is 0 Å². The van der Waals surface area contributed by atoms with Crippen molar-refractivity contribution in [3.05, 3.63) is 18.2 Å². The smallest absolute Gasteiger partial charge is 0.0816 e. The fraction of sp³-hybridized carbons (Fsp3) is 0.455. The van der Waals surface area contributed by atoms with Crippen molar-refractivity contribution in [2.24, 2.45) is 0 Å². The number of nitrogens with zero attached hydrogens (tertiary/aromatic N) is 1. The van der Waals surface area contributed by atoms with E-state index >= 15 is 0 Å². The summed E-state index contributed by atoms with van der Waals surface area (Å²) in [7, 11) is 4.13. The van der Waals surface area contributed by atoms with Crippen LogP contribution in [0.3, 0.4) is 0 Å². The van der Waals surface area contributed by atoms with E-state index in [9.17, 15) is 0 Å². The van der Waals surface area contributed by atoms with Gasteiger partial charge in [-0.1, -0.05) is 6.07 Å². The maximum atomic E-state index is 3.51. The summed E-state index contributed by atoms with van der Waals surface area (Å²) < 4.78 is 0. The molecule has 0 bridgehead atoms. The lowest BCUT2D eigenvalue weighted by atomic mass is 10.1. The van der Waals surface area contributed by atoms with Gasteiger partial charge in [0.1, 0.15) is 0 Å². The second-order valence-corrected chi connectivity index (χ2v) is 4.02. The SMILES string of the molecule is C[C@H]1CNc2cccc(N(C)C)c2N1. The van der Waals surface area contributed by atoms with Crippen molar-refractivity contribution in [2.45, 2.75) is 13.0 Å². The van der Waals surface area contributed by atoms with E-state index in [4.69, 9.17) is 0 Å². The fourth-order valence-corrected chi connectivity index (χ4v) is 1.77. The van der Waals surface area contributed by atoms with Crippen LogP contribution in [0.25, 0.3) is 0 Å². The van der Waals surface area contributed by atoms with E-state index in [1.54, 1.807) is 0 Å². The molecule has 0 radical (unpaired) electrons. The Balaban J connectivity index is 2.43. The molecule has 1 aliphatic heterocycles. The lowest BCUT2D eigenvalue weighted by Gasteiger charge is -2.29. The standard InChI is InChI=1S/C11H17N3/c1-8-7-12-9-5-4-6-10(14(2)3)11(9)13-8/h4-6,8,12-13H,7H2,1-3H3/t8-/m0/s1. The van der Waals surface area contributed by atoms with Gasteiger partial charge in [0.25, 0.3) is 0 Å². The minimum absolute atomic E-state index is 0.489. The van der Waals surface area contributed by atoms with Crippen molar-refractivity contribution in [3.63, 3.8) is 0 Å². The van der Waals surface area contributed by atoms with E-state index < -0.39 is 0 Å². The highest BCUT2D eigenvalue weighted by molar-refractivity contribution is 5.84. The molecule has 0 amide bonds. The van der Waals surface area contributed by atoms with Crippen molar-refractivity contribution >= 4 is 17.1 Å². The number of anilines is 3. The average molecular weight is 191 g/mol. The highest BCUT2D eigenvalue weighted by atomic mass is 15.1. The molecule has 1 heterocycles. The molecular weight excluding hydrogens is 174 g/mol. The van der Waals surface area contributed by atoms with Gasteiger partial charge in [0, 0.05) is 26.7 Å². The molecule has 1 aromatic carbocycles. The van der Waals surface area contributed by atoms with Gasteiger partial charge in [0.15, 0.2) is 0 Å². The first-order chi connectivity index (χ1) is 6.68. The third kappa shape index (κ3) is 1.50. The highest BCUT2D eigenvalue weighted by Crippen LogP contribution is 2.34. The third-order valence-electron chi connectivity index (χ3n) is 2.51. The number of nitrogens with one attached hydrogen (secondary N) is 2. The van der Waals surface area contributed by atoms with Gasteiger partial charge in [-0.05, 0) is 19.1 Å². The van der Waals surface area contributed by atoms with Crippen LogP contribution >= 0.6 is 0 Å². The second-order valence-electron chi connectivity index (χ2n) is 4.02. The van der Waals surface area contributed by atoms with Gasteiger partial charge in [0.05, 0.1) is 17.1 Å². The number of rotatable bonds is 1. The maximum absolute atomic E-state index is 3.51. The first-order valence-electron chi connectivity index (χ1n) is 4.99. The summed E-state index contributed by atoms with van der Waals surface area (Å²) in [5, 5.41) is 6.92. The van der Waals surface area contributed by atoms with E-state index in [2.05, 4.69) is 54.8 Å². The Labute approximate surface area is 85.1 Å². The lowest BCUT2D eigenvalue weighted by Crippen LogP contribution is -2.31. The molecular formula is C11H17N3. The van der Waals surface area contributed by atoms with Crippen LogP contribution in [-0.4, -0.2) is 26.7 Å². The van der Waals surface area contributed by atoms with Crippen molar-refractivity contribution in [1.29, 1.82) is 0 Å². The minimum Gasteiger partial charge on any atom is -0.381 e. The Morgan fingerprint density at radius 1 is 1.36 bits per heavy atom. The van der Waals surface area contributed by atoms with Crippen LogP contribution < -0.4 is 15.5 Å². The summed E-state index contributed by atoms with van der Waals surface area (Å²) in [6.07, 6.45) is 0. The molecule has 3 heteroatoms. The molecule has 0 saturated heterocycles. The summed E-state index contributed by atoms with van der Waals surface area (Å²) in [4.78, 5) is 2.13. The zero-order valence-corrected chi connectivity index (χ0v) is 8.96. The number of para-hydroxylation sites is 1. The van der Waals surface area contributed by atoms with Crippen molar-refractivity contribution < 1.29 is 0 Å². The van der Waals surface area contributed by atoms with Crippen LogP contribution in [0, 0.1) is 0 Å². The Hall–Kier alpha value is -1.38. The van der Waals surface area contributed by atoms with Crippen LogP contribution in [0.2, 0.25) is 0 Å². The zero-order chi connectivity index (χ0) is 10.1. The highest BCUT2D eigenvalue weighted by Gasteiger charge is 2.16. The Bertz CT molecular complexity index is 333. The predicted molar refractivity (Wildman–Crippen MR) is 62.3 cm³/mol. The van der Waals surface area contributed by atoms with E-state index in [-0.39, 0.29) is 0 Å². The molecule has 0 saturated carbocycles. The molecule has 0 fully saturated rings. The molecule has 1 atom stereocenters. The molecule has 0 spiro atoms. The van der Waals surface area contributed by atoms with Crippen LogP contribution in [-0.2, 0) is 0 Å². The molecule has 3 nitrogen and oxygen atoms in total. The Morgan fingerprint density at radius 2 is 2.14 bits per heavy atom. The van der Waals surface area contributed by atoms with Crippen LogP contribution in [0.1, 0.15) is 6.92 Å². The predicted octanol–water partition coefficient (Wildman–Crippen LogP) is 1.98. The van der Waals surface area contributed by atoms with Gasteiger partial charge in [-0.2, -0.15) is 0 Å². The molecule has 0 unspecified atom stereocenters. The van der Waals surface area contributed by atoms with Gasteiger partial charge < -0.3 is 15.5 Å². The summed E-state index contributed by atoms with van der Waals surface area (Å²) in [6.45, 7) is 3.17. The fourth-order valence-electron chi connectivity index (χ4n) is 1.77. The first kappa shape index (κ1) is 9.19. The van der Waals surface area contributed by atoms with Gasteiger partial charge in [-0.25, -0.2) is 0 Å². The van der Waals surface area contributed by atoms with E-state index in [0.717, 1.165) is 6.54 Å². The maximum Gasteiger partial charge on any atom is 0.0816 e. The Morgan fingerprint density at radius 3 is 2.86 bits per heavy atom. The minimum atomic E-state index is 0.489. The van der Waals surface area contributed by atoms with Crippen molar-refractivity contribution in [2.75, 3.05) is 36.2 Å². The molecule has 2 rings (SSSR count). The average Bonchev–Trinajstić information content (AvgIpc) is 2.16. The summed E-state index contributed by atoms with van der Waals surface area (Å²) >= 11 is 0. The summed E-state index contributed by atoms with van der Waals surface area (Å²) in [6, 6.07) is 6.81.